The third-order valence-corrected chi connectivity index (χ3v) is 2.53. The molecule has 0 aliphatic heterocycles. The number of hydrogen-bond donors (Lipinski definition) is 1. The molecule has 2 aromatic rings. The van der Waals surface area contributed by atoms with Crippen molar-refractivity contribution in [3.05, 3.63) is 65.2 Å². The molecular formula is C14H10F2N2. The molecule has 0 aliphatic carbocycles. The maximum atomic E-state index is 13.6. The number of rotatable bonds is 3. The van der Waals surface area contributed by atoms with E-state index in [4.69, 9.17) is 5.26 Å². The van der Waals surface area contributed by atoms with Crippen molar-refractivity contribution >= 4 is 5.69 Å². The molecule has 0 aromatic heterocycles. The molecule has 18 heavy (non-hydrogen) atoms. The van der Waals surface area contributed by atoms with Crippen LogP contribution in [0.3, 0.4) is 0 Å². The molecule has 0 bridgehead atoms. The highest BCUT2D eigenvalue weighted by Crippen LogP contribution is 2.16. The average Bonchev–Trinajstić information content (AvgIpc) is 2.39. The van der Waals surface area contributed by atoms with Gasteiger partial charge in [-0.2, -0.15) is 5.26 Å². The molecule has 0 atom stereocenters. The van der Waals surface area contributed by atoms with Gasteiger partial charge in [-0.1, -0.05) is 18.2 Å². The molecule has 1 N–H and O–H groups in total. The van der Waals surface area contributed by atoms with Crippen molar-refractivity contribution in [1.29, 1.82) is 5.26 Å². The first-order chi connectivity index (χ1) is 8.70. The Hall–Kier alpha value is -2.41. The van der Waals surface area contributed by atoms with E-state index in [9.17, 15) is 8.78 Å². The predicted molar refractivity (Wildman–Crippen MR) is 64.8 cm³/mol. The van der Waals surface area contributed by atoms with Crippen molar-refractivity contribution in [3.8, 4) is 6.07 Å². The molecular weight excluding hydrogens is 234 g/mol. The van der Waals surface area contributed by atoms with E-state index in [0.717, 1.165) is 0 Å². The van der Waals surface area contributed by atoms with E-state index in [1.807, 2.05) is 6.07 Å². The second-order valence-electron chi connectivity index (χ2n) is 3.75. The summed E-state index contributed by atoms with van der Waals surface area (Å²) in [5.41, 5.74) is 0.973. The number of nitrogens with zero attached hydrogens (tertiary/aromatic N) is 1. The van der Waals surface area contributed by atoms with Gasteiger partial charge >= 0.3 is 0 Å². The Labute approximate surface area is 103 Å². The number of benzene rings is 2. The minimum atomic E-state index is -0.474. The molecule has 2 aromatic carbocycles. The normalized spacial score (nSPS) is 9.83. The number of anilines is 1. The second kappa shape index (κ2) is 5.28. The van der Waals surface area contributed by atoms with Crippen LogP contribution in [-0.4, -0.2) is 0 Å². The molecule has 0 saturated carbocycles. The second-order valence-corrected chi connectivity index (χ2v) is 3.75. The van der Waals surface area contributed by atoms with E-state index in [1.54, 1.807) is 18.2 Å². The Morgan fingerprint density at radius 2 is 1.83 bits per heavy atom. The summed E-state index contributed by atoms with van der Waals surface area (Å²) in [6, 6.07) is 12.3. The molecule has 2 nitrogen and oxygen atoms in total. The molecule has 0 heterocycles. The van der Waals surface area contributed by atoms with E-state index in [0.29, 0.717) is 11.3 Å². The molecule has 2 rings (SSSR count). The summed E-state index contributed by atoms with van der Waals surface area (Å²) in [5.74, 6) is -0.857. The lowest BCUT2D eigenvalue weighted by molar-refractivity contribution is 0.610. The fourth-order valence-electron chi connectivity index (χ4n) is 1.56. The van der Waals surface area contributed by atoms with Crippen LogP contribution >= 0.6 is 0 Å². The van der Waals surface area contributed by atoms with Crippen molar-refractivity contribution in [2.24, 2.45) is 0 Å². The van der Waals surface area contributed by atoms with Gasteiger partial charge in [-0.25, -0.2) is 8.78 Å². The molecule has 4 heteroatoms. The Morgan fingerprint density at radius 1 is 1.06 bits per heavy atom. The number of nitriles is 1. The number of halogens is 2. The van der Waals surface area contributed by atoms with Crippen molar-refractivity contribution in [2.75, 3.05) is 5.32 Å². The van der Waals surface area contributed by atoms with Gasteiger partial charge in [0.15, 0.2) is 0 Å². The minimum absolute atomic E-state index is 0.165. The van der Waals surface area contributed by atoms with Gasteiger partial charge < -0.3 is 5.32 Å². The zero-order valence-corrected chi connectivity index (χ0v) is 9.45. The van der Waals surface area contributed by atoms with Crippen LogP contribution in [0.25, 0.3) is 0 Å². The lowest BCUT2D eigenvalue weighted by Gasteiger charge is -2.08. The minimum Gasteiger partial charge on any atom is -0.378 e. The molecule has 0 fully saturated rings. The van der Waals surface area contributed by atoms with Crippen LogP contribution < -0.4 is 5.32 Å². The van der Waals surface area contributed by atoms with Gasteiger partial charge in [0.25, 0.3) is 0 Å². The summed E-state index contributed by atoms with van der Waals surface area (Å²) >= 11 is 0. The SMILES string of the molecule is N#Cc1ccc(CNc2ccccc2F)c(F)c1. The largest absolute Gasteiger partial charge is 0.378 e. The fourth-order valence-corrected chi connectivity index (χ4v) is 1.56. The van der Waals surface area contributed by atoms with E-state index < -0.39 is 5.82 Å². The standard InChI is InChI=1S/C14H10F2N2/c15-12-3-1-2-4-14(12)18-9-11-6-5-10(8-17)7-13(11)16/h1-7,18H,9H2. The fraction of sp³-hybridized carbons (Fsp3) is 0.0714. The monoisotopic (exact) mass is 244 g/mol. The topological polar surface area (TPSA) is 35.8 Å². The van der Waals surface area contributed by atoms with Crippen LogP contribution in [0.5, 0.6) is 0 Å². The van der Waals surface area contributed by atoms with Gasteiger partial charge in [-0.15, -0.1) is 0 Å². The Bertz CT molecular complexity index is 603. The third-order valence-electron chi connectivity index (χ3n) is 2.53. The lowest BCUT2D eigenvalue weighted by atomic mass is 10.1. The molecule has 0 saturated heterocycles. The van der Waals surface area contributed by atoms with Gasteiger partial charge in [0.1, 0.15) is 11.6 Å². The number of para-hydroxylation sites is 1. The van der Waals surface area contributed by atoms with Crippen LogP contribution in [0.4, 0.5) is 14.5 Å². The smallest absolute Gasteiger partial charge is 0.146 e. The van der Waals surface area contributed by atoms with E-state index in [-0.39, 0.29) is 17.9 Å². The summed E-state index contributed by atoms with van der Waals surface area (Å²) in [6.45, 7) is 0.165. The van der Waals surface area contributed by atoms with Crippen molar-refractivity contribution < 1.29 is 8.78 Å². The summed E-state index contributed by atoms with van der Waals surface area (Å²) in [4.78, 5) is 0. The van der Waals surface area contributed by atoms with E-state index in [2.05, 4.69) is 5.32 Å². The Kier molecular flexibility index (Phi) is 3.54. The summed E-state index contributed by atoms with van der Waals surface area (Å²) in [6.07, 6.45) is 0. The van der Waals surface area contributed by atoms with Crippen LogP contribution in [0, 0.1) is 23.0 Å². The van der Waals surface area contributed by atoms with Gasteiger partial charge in [0.2, 0.25) is 0 Å². The van der Waals surface area contributed by atoms with Gasteiger partial charge in [-0.3, -0.25) is 0 Å². The van der Waals surface area contributed by atoms with Crippen LogP contribution in [-0.2, 0) is 6.54 Å². The van der Waals surface area contributed by atoms with Crippen molar-refractivity contribution in [3.63, 3.8) is 0 Å². The maximum absolute atomic E-state index is 13.6. The molecule has 0 spiro atoms. The van der Waals surface area contributed by atoms with Crippen molar-refractivity contribution in [1.82, 2.24) is 0 Å². The summed E-state index contributed by atoms with van der Waals surface area (Å²) < 4.78 is 26.9. The molecule has 0 aliphatic rings. The van der Waals surface area contributed by atoms with Gasteiger partial charge in [-0.05, 0) is 24.3 Å². The Balaban J connectivity index is 2.12. The zero-order valence-electron chi connectivity index (χ0n) is 9.45. The molecule has 90 valence electrons. The van der Waals surface area contributed by atoms with E-state index in [1.165, 1.54) is 24.3 Å². The molecule has 0 amide bonds. The van der Waals surface area contributed by atoms with Gasteiger partial charge in [0, 0.05) is 12.1 Å². The van der Waals surface area contributed by atoms with Crippen LogP contribution in [0.2, 0.25) is 0 Å². The van der Waals surface area contributed by atoms with E-state index >= 15 is 0 Å². The van der Waals surface area contributed by atoms with Crippen LogP contribution in [0.15, 0.2) is 42.5 Å². The Morgan fingerprint density at radius 3 is 2.50 bits per heavy atom. The number of hydrogen-bond acceptors (Lipinski definition) is 2. The zero-order chi connectivity index (χ0) is 13.0. The predicted octanol–water partition coefficient (Wildman–Crippen LogP) is 3.45. The average molecular weight is 244 g/mol. The summed E-state index contributed by atoms with van der Waals surface area (Å²) in [7, 11) is 0. The maximum Gasteiger partial charge on any atom is 0.146 e. The first kappa shape index (κ1) is 12.1. The first-order valence-corrected chi connectivity index (χ1v) is 5.37. The van der Waals surface area contributed by atoms with Gasteiger partial charge in [0.05, 0.1) is 17.3 Å². The highest BCUT2D eigenvalue weighted by Gasteiger charge is 2.05. The quantitative estimate of drug-likeness (QED) is 0.897. The molecule has 0 radical (unpaired) electrons. The third kappa shape index (κ3) is 2.64. The highest BCUT2D eigenvalue weighted by atomic mass is 19.1. The highest BCUT2D eigenvalue weighted by molar-refractivity contribution is 5.45. The number of nitrogens with one attached hydrogen (secondary N) is 1. The summed E-state index contributed by atoms with van der Waals surface area (Å²) in [5, 5.41) is 11.4. The lowest BCUT2D eigenvalue weighted by Crippen LogP contribution is -2.03. The first-order valence-electron chi connectivity index (χ1n) is 5.37. The van der Waals surface area contributed by atoms with Crippen molar-refractivity contribution in [2.45, 2.75) is 6.54 Å². The molecule has 0 unspecified atom stereocenters. The van der Waals surface area contributed by atoms with Crippen LogP contribution in [0.1, 0.15) is 11.1 Å².